The molecule has 0 atom stereocenters. The van der Waals surface area contributed by atoms with E-state index in [0.29, 0.717) is 6.61 Å². The van der Waals surface area contributed by atoms with Gasteiger partial charge in [0.1, 0.15) is 0 Å². The van der Waals surface area contributed by atoms with Gasteiger partial charge >= 0.3 is 0 Å². The van der Waals surface area contributed by atoms with Crippen molar-refractivity contribution < 1.29 is 9.16 Å². The standard InChI is InChI=1S/C13H24O2Si/c1-5-14-13(15-16(2,3)4)11-12-9-7-6-8-10-12/h9,11H,5-8,10H2,1-4H3. The number of ether oxygens (including phenoxy) is 1. The highest BCUT2D eigenvalue weighted by molar-refractivity contribution is 6.70. The smallest absolute Gasteiger partial charge is 0.265 e. The molecule has 0 radical (unpaired) electrons. The van der Waals surface area contributed by atoms with E-state index in [4.69, 9.17) is 9.16 Å². The van der Waals surface area contributed by atoms with Crippen molar-refractivity contribution in [2.24, 2.45) is 0 Å². The van der Waals surface area contributed by atoms with Crippen LogP contribution in [0.4, 0.5) is 0 Å². The zero-order valence-electron chi connectivity index (χ0n) is 11.0. The molecule has 2 nitrogen and oxygen atoms in total. The second kappa shape index (κ2) is 6.14. The van der Waals surface area contributed by atoms with E-state index in [0.717, 1.165) is 12.4 Å². The quantitative estimate of drug-likeness (QED) is 0.529. The minimum atomic E-state index is -1.56. The van der Waals surface area contributed by atoms with E-state index in [9.17, 15) is 0 Å². The van der Waals surface area contributed by atoms with Crippen LogP contribution in [-0.2, 0) is 9.16 Å². The van der Waals surface area contributed by atoms with Crippen molar-refractivity contribution in [3.8, 4) is 0 Å². The van der Waals surface area contributed by atoms with Crippen LogP contribution in [0.5, 0.6) is 0 Å². The molecule has 0 heterocycles. The second-order valence-corrected chi connectivity index (χ2v) is 9.56. The maximum absolute atomic E-state index is 5.92. The van der Waals surface area contributed by atoms with Crippen LogP contribution in [0.25, 0.3) is 0 Å². The first kappa shape index (κ1) is 13.4. The number of hydrogen-bond acceptors (Lipinski definition) is 2. The highest BCUT2D eigenvalue weighted by Crippen LogP contribution is 2.21. The Morgan fingerprint density at radius 1 is 1.38 bits per heavy atom. The molecule has 92 valence electrons. The summed E-state index contributed by atoms with van der Waals surface area (Å²) in [5.74, 6) is 0.717. The lowest BCUT2D eigenvalue weighted by Crippen LogP contribution is -2.25. The average Bonchev–Trinajstić information content (AvgIpc) is 2.17. The largest absolute Gasteiger partial charge is 0.520 e. The predicted octanol–water partition coefficient (Wildman–Crippen LogP) is 4.22. The molecular formula is C13H24O2Si. The summed E-state index contributed by atoms with van der Waals surface area (Å²) < 4.78 is 11.5. The van der Waals surface area contributed by atoms with Gasteiger partial charge < -0.3 is 9.16 Å². The molecule has 0 spiro atoms. The maximum Gasteiger partial charge on any atom is 0.265 e. The molecule has 0 unspecified atom stereocenters. The Labute approximate surface area is 100 Å². The van der Waals surface area contributed by atoms with E-state index in [1.54, 1.807) is 0 Å². The van der Waals surface area contributed by atoms with Crippen LogP contribution in [-0.4, -0.2) is 14.9 Å². The summed E-state index contributed by atoms with van der Waals surface area (Å²) in [7, 11) is -1.56. The molecule has 16 heavy (non-hydrogen) atoms. The van der Waals surface area contributed by atoms with Gasteiger partial charge in [0.25, 0.3) is 5.95 Å². The highest BCUT2D eigenvalue weighted by atomic mass is 28.4. The molecule has 0 amide bonds. The number of allylic oxidation sites excluding steroid dienone is 3. The minimum absolute atomic E-state index is 0.670. The molecule has 0 aromatic carbocycles. The number of rotatable bonds is 5. The van der Waals surface area contributed by atoms with Crippen LogP contribution in [0.2, 0.25) is 19.6 Å². The molecule has 1 rings (SSSR count). The average molecular weight is 240 g/mol. The van der Waals surface area contributed by atoms with Crippen molar-refractivity contribution in [3.63, 3.8) is 0 Å². The van der Waals surface area contributed by atoms with Crippen molar-refractivity contribution in [1.82, 2.24) is 0 Å². The fourth-order valence-corrected chi connectivity index (χ4v) is 2.41. The molecule has 0 N–H and O–H groups in total. The summed E-state index contributed by atoms with van der Waals surface area (Å²) >= 11 is 0. The highest BCUT2D eigenvalue weighted by Gasteiger charge is 2.18. The molecule has 0 fully saturated rings. The summed E-state index contributed by atoms with van der Waals surface area (Å²) in [6.07, 6.45) is 9.34. The first-order valence-corrected chi connectivity index (χ1v) is 9.64. The predicted molar refractivity (Wildman–Crippen MR) is 70.7 cm³/mol. The van der Waals surface area contributed by atoms with E-state index in [2.05, 4.69) is 31.8 Å². The lowest BCUT2D eigenvalue weighted by molar-refractivity contribution is 0.112. The SMILES string of the molecule is CCOC(=CC1=CCCCC1)O[Si](C)(C)C. The summed E-state index contributed by atoms with van der Waals surface area (Å²) in [6, 6.07) is 0. The third-order valence-electron chi connectivity index (χ3n) is 2.32. The topological polar surface area (TPSA) is 18.5 Å². The van der Waals surface area contributed by atoms with Crippen LogP contribution >= 0.6 is 0 Å². The van der Waals surface area contributed by atoms with Gasteiger partial charge in [-0.25, -0.2) is 0 Å². The maximum atomic E-state index is 5.92. The van der Waals surface area contributed by atoms with Gasteiger partial charge in [0.2, 0.25) is 8.32 Å². The van der Waals surface area contributed by atoms with Crippen LogP contribution in [0.15, 0.2) is 23.7 Å². The van der Waals surface area contributed by atoms with Crippen molar-refractivity contribution in [2.45, 2.75) is 52.2 Å². The molecule has 1 aliphatic carbocycles. The second-order valence-electron chi connectivity index (χ2n) is 5.14. The Balaban J connectivity index is 2.67. The van der Waals surface area contributed by atoms with Crippen LogP contribution in [0, 0.1) is 0 Å². The Hall–Kier alpha value is -0.703. The molecular weight excluding hydrogens is 216 g/mol. The van der Waals surface area contributed by atoms with E-state index >= 15 is 0 Å². The minimum Gasteiger partial charge on any atom is -0.520 e. The Bertz CT molecular complexity index is 274. The van der Waals surface area contributed by atoms with Crippen LogP contribution in [0.3, 0.4) is 0 Å². The zero-order valence-corrected chi connectivity index (χ0v) is 12.0. The van der Waals surface area contributed by atoms with Gasteiger partial charge in [-0.3, -0.25) is 0 Å². The summed E-state index contributed by atoms with van der Waals surface area (Å²) in [6.45, 7) is 9.19. The Kier molecular flexibility index (Phi) is 5.12. The summed E-state index contributed by atoms with van der Waals surface area (Å²) in [5, 5.41) is 0. The molecule has 1 aliphatic rings. The fourth-order valence-electron chi connectivity index (χ4n) is 1.69. The molecule has 0 bridgehead atoms. The van der Waals surface area contributed by atoms with Gasteiger partial charge in [0.15, 0.2) is 0 Å². The fraction of sp³-hybridized carbons (Fsp3) is 0.692. The van der Waals surface area contributed by atoms with Gasteiger partial charge in [-0.2, -0.15) is 0 Å². The van der Waals surface area contributed by atoms with Gasteiger partial charge in [0, 0.05) is 6.08 Å². The lowest BCUT2D eigenvalue weighted by Gasteiger charge is -2.22. The number of hydrogen-bond donors (Lipinski definition) is 0. The molecule has 0 aromatic heterocycles. The van der Waals surface area contributed by atoms with E-state index in [1.807, 2.05) is 6.92 Å². The Morgan fingerprint density at radius 2 is 2.12 bits per heavy atom. The van der Waals surface area contributed by atoms with Crippen molar-refractivity contribution in [3.05, 3.63) is 23.7 Å². The first-order chi connectivity index (χ1) is 7.51. The first-order valence-electron chi connectivity index (χ1n) is 6.24. The van der Waals surface area contributed by atoms with Crippen LogP contribution < -0.4 is 0 Å². The van der Waals surface area contributed by atoms with Gasteiger partial charge in [0.05, 0.1) is 6.61 Å². The van der Waals surface area contributed by atoms with E-state index in [1.165, 1.54) is 24.8 Å². The summed E-state index contributed by atoms with van der Waals surface area (Å²) in [5.41, 5.74) is 1.37. The van der Waals surface area contributed by atoms with Gasteiger partial charge in [-0.15, -0.1) is 0 Å². The van der Waals surface area contributed by atoms with E-state index < -0.39 is 8.32 Å². The molecule has 0 saturated carbocycles. The van der Waals surface area contributed by atoms with Gasteiger partial charge in [-0.1, -0.05) is 6.08 Å². The Morgan fingerprint density at radius 3 is 2.62 bits per heavy atom. The lowest BCUT2D eigenvalue weighted by atomic mass is 10.00. The van der Waals surface area contributed by atoms with E-state index in [-0.39, 0.29) is 0 Å². The van der Waals surface area contributed by atoms with Crippen molar-refractivity contribution in [1.29, 1.82) is 0 Å². The molecule has 3 heteroatoms. The van der Waals surface area contributed by atoms with Crippen LogP contribution in [0.1, 0.15) is 32.6 Å². The third-order valence-corrected chi connectivity index (χ3v) is 3.14. The third kappa shape index (κ3) is 5.40. The normalized spacial score (nSPS) is 18.0. The molecule has 0 saturated heterocycles. The van der Waals surface area contributed by atoms with Gasteiger partial charge in [-0.05, 0) is 57.8 Å². The molecule has 0 aliphatic heterocycles. The molecule has 0 aromatic rings. The summed E-state index contributed by atoms with van der Waals surface area (Å²) in [4.78, 5) is 0. The van der Waals surface area contributed by atoms with Crippen molar-refractivity contribution >= 4 is 8.32 Å². The monoisotopic (exact) mass is 240 g/mol. The van der Waals surface area contributed by atoms with Crippen molar-refractivity contribution in [2.75, 3.05) is 6.61 Å². The zero-order chi connectivity index (χ0) is 12.0.